The molecule has 3 aromatic heterocycles. The summed E-state index contributed by atoms with van der Waals surface area (Å²) in [5.41, 5.74) is 4.46. The third-order valence-corrected chi connectivity index (χ3v) is 3.63. The van der Waals surface area contributed by atoms with Gasteiger partial charge >= 0.3 is 0 Å². The number of nitrogens with one attached hydrogen (secondary N) is 1. The first-order valence-corrected chi connectivity index (χ1v) is 6.94. The Labute approximate surface area is 119 Å². The zero-order chi connectivity index (χ0) is 13.9. The summed E-state index contributed by atoms with van der Waals surface area (Å²) in [6.45, 7) is 1.81. The second-order valence-electron chi connectivity index (χ2n) is 4.19. The van der Waals surface area contributed by atoms with Crippen LogP contribution in [0.25, 0.3) is 5.65 Å². The number of carbonyl (C=O) groups is 1. The standard InChI is InChI=1S/C14H12N4OS/c1-10-13(18-7-3-2-6-12(18)16-10)14(19)17-15-9-11-5-4-8-20-11/h2-9H,1H3,(H,17,19)/b15-9-. The predicted molar refractivity (Wildman–Crippen MR) is 79.3 cm³/mol. The van der Waals surface area contributed by atoms with Crippen LogP contribution < -0.4 is 5.43 Å². The van der Waals surface area contributed by atoms with E-state index in [9.17, 15) is 4.79 Å². The molecule has 0 aliphatic rings. The summed E-state index contributed by atoms with van der Waals surface area (Å²) in [6, 6.07) is 9.47. The number of hydrazone groups is 1. The molecule has 3 rings (SSSR count). The van der Waals surface area contributed by atoms with Gasteiger partial charge in [0.25, 0.3) is 5.91 Å². The minimum Gasteiger partial charge on any atom is -0.295 e. The summed E-state index contributed by atoms with van der Waals surface area (Å²) < 4.78 is 1.76. The molecule has 0 saturated heterocycles. The summed E-state index contributed by atoms with van der Waals surface area (Å²) in [7, 11) is 0. The van der Waals surface area contributed by atoms with Crippen LogP contribution >= 0.6 is 11.3 Å². The predicted octanol–water partition coefficient (Wildman–Crippen LogP) is 2.47. The number of thiophene rings is 1. The Kier molecular flexibility index (Phi) is 3.30. The van der Waals surface area contributed by atoms with Gasteiger partial charge in [0.1, 0.15) is 11.3 Å². The van der Waals surface area contributed by atoms with Gasteiger partial charge in [0.05, 0.1) is 11.9 Å². The fourth-order valence-electron chi connectivity index (χ4n) is 1.96. The lowest BCUT2D eigenvalue weighted by Gasteiger charge is -2.00. The van der Waals surface area contributed by atoms with Crippen LogP contribution in [0, 0.1) is 6.92 Å². The second-order valence-corrected chi connectivity index (χ2v) is 5.17. The normalized spacial score (nSPS) is 11.2. The number of rotatable bonds is 3. The molecule has 0 atom stereocenters. The quantitative estimate of drug-likeness (QED) is 0.593. The van der Waals surface area contributed by atoms with Gasteiger partial charge in [-0.25, -0.2) is 10.4 Å². The number of pyridine rings is 1. The number of nitrogens with zero attached hydrogens (tertiary/aromatic N) is 3. The Morgan fingerprint density at radius 2 is 2.30 bits per heavy atom. The van der Waals surface area contributed by atoms with E-state index in [2.05, 4.69) is 15.5 Å². The van der Waals surface area contributed by atoms with Crippen LogP contribution in [0.15, 0.2) is 47.0 Å². The van der Waals surface area contributed by atoms with Gasteiger partial charge in [-0.3, -0.25) is 9.20 Å². The molecule has 0 aliphatic carbocycles. The molecule has 1 amide bonds. The molecule has 0 bridgehead atoms. The molecular weight excluding hydrogens is 272 g/mol. The van der Waals surface area contributed by atoms with E-state index >= 15 is 0 Å². The third kappa shape index (κ3) is 2.33. The number of aryl methyl sites for hydroxylation is 1. The fourth-order valence-corrected chi connectivity index (χ4v) is 2.54. The van der Waals surface area contributed by atoms with E-state index in [4.69, 9.17) is 0 Å². The van der Waals surface area contributed by atoms with Gasteiger partial charge in [0.15, 0.2) is 0 Å². The van der Waals surface area contributed by atoms with Crippen molar-refractivity contribution in [1.29, 1.82) is 0 Å². The van der Waals surface area contributed by atoms with E-state index in [0.29, 0.717) is 11.4 Å². The first kappa shape index (κ1) is 12.6. The molecule has 3 heterocycles. The van der Waals surface area contributed by atoms with E-state index in [-0.39, 0.29) is 5.91 Å². The lowest BCUT2D eigenvalue weighted by Crippen LogP contribution is -2.20. The molecule has 0 radical (unpaired) electrons. The van der Waals surface area contributed by atoms with Crippen molar-refractivity contribution < 1.29 is 4.79 Å². The number of fused-ring (bicyclic) bond motifs is 1. The number of hydrogen-bond acceptors (Lipinski definition) is 4. The van der Waals surface area contributed by atoms with Gasteiger partial charge in [0.2, 0.25) is 0 Å². The van der Waals surface area contributed by atoms with Crippen molar-refractivity contribution in [2.24, 2.45) is 5.10 Å². The summed E-state index contributed by atoms with van der Waals surface area (Å²) in [6.07, 6.45) is 3.44. The Hall–Kier alpha value is -2.47. The van der Waals surface area contributed by atoms with E-state index in [1.54, 1.807) is 22.0 Å². The number of hydrogen-bond donors (Lipinski definition) is 1. The zero-order valence-electron chi connectivity index (χ0n) is 10.8. The molecular formula is C14H12N4OS. The molecule has 6 heteroatoms. The molecule has 100 valence electrons. The van der Waals surface area contributed by atoms with Crippen molar-refractivity contribution in [3.63, 3.8) is 0 Å². The molecule has 0 spiro atoms. The molecule has 3 aromatic rings. The van der Waals surface area contributed by atoms with Crippen LogP contribution in [0.3, 0.4) is 0 Å². The van der Waals surface area contributed by atoms with Gasteiger partial charge in [-0.2, -0.15) is 5.10 Å². The van der Waals surface area contributed by atoms with Crippen molar-refractivity contribution in [1.82, 2.24) is 14.8 Å². The SMILES string of the molecule is Cc1nc2ccccn2c1C(=O)N/N=C\c1cccs1. The smallest absolute Gasteiger partial charge is 0.290 e. The van der Waals surface area contributed by atoms with Crippen molar-refractivity contribution in [3.05, 3.63) is 58.2 Å². The van der Waals surface area contributed by atoms with Crippen molar-refractivity contribution >= 4 is 29.1 Å². The lowest BCUT2D eigenvalue weighted by atomic mass is 10.3. The maximum absolute atomic E-state index is 12.2. The largest absolute Gasteiger partial charge is 0.295 e. The topological polar surface area (TPSA) is 58.8 Å². The minimum atomic E-state index is -0.269. The minimum absolute atomic E-state index is 0.269. The van der Waals surface area contributed by atoms with Crippen LogP contribution in [0.1, 0.15) is 21.1 Å². The Morgan fingerprint density at radius 1 is 1.40 bits per heavy atom. The fraction of sp³-hybridized carbons (Fsp3) is 0.0714. The van der Waals surface area contributed by atoms with Gasteiger partial charge < -0.3 is 0 Å². The molecule has 1 N–H and O–H groups in total. The van der Waals surface area contributed by atoms with E-state index in [0.717, 1.165) is 10.5 Å². The summed E-state index contributed by atoms with van der Waals surface area (Å²) in [5.74, 6) is -0.269. The Balaban J connectivity index is 1.84. The molecule has 0 saturated carbocycles. The number of aromatic nitrogens is 2. The number of carbonyl (C=O) groups excluding carboxylic acids is 1. The highest BCUT2D eigenvalue weighted by Gasteiger charge is 2.15. The highest BCUT2D eigenvalue weighted by atomic mass is 32.1. The van der Waals surface area contributed by atoms with Gasteiger partial charge in [-0.05, 0) is 30.5 Å². The number of imidazole rings is 1. The molecule has 0 fully saturated rings. The van der Waals surface area contributed by atoms with E-state index < -0.39 is 0 Å². The van der Waals surface area contributed by atoms with E-state index in [1.165, 1.54) is 0 Å². The van der Waals surface area contributed by atoms with Gasteiger partial charge in [-0.1, -0.05) is 12.1 Å². The van der Waals surface area contributed by atoms with Crippen LogP contribution in [-0.2, 0) is 0 Å². The third-order valence-electron chi connectivity index (χ3n) is 2.82. The molecule has 0 aromatic carbocycles. The average molecular weight is 284 g/mol. The zero-order valence-corrected chi connectivity index (χ0v) is 11.6. The van der Waals surface area contributed by atoms with Gasteiger partial charge in [-0.15, -0.1) is 11.3 Å². The lowest BCUT2D eigenvalue weighted by molar-refractivity contribution is 0.0948. The van der Waals surface area contributed by atoms with Crippen molar-refractivity contribution in [3.8, 4) is 0 Å². The van der Waals surface area contributed by atoms with E-state index in [1.807, 2.05) is 48.8 Å². The molecule has 5 nitrogen and oxygen atoms in total. The number of amides is 1. The van der Waals surface area contributed by atoms with Crippen LogP contribution in [0.2, 0.25) is 0 Å². The van der Waals surface area contributed by atoms with Crippen LogP contribution in [0.4, 0.5) is 0 Å². The maximum atomic E-state index is 12.2. The van der Waals surface area contributed by atoms with Crippen molar-refractivity contribution in [2.45, 2.75) is 6.92 Å². The van der Waals surface area contributed by atoms with Crippen LogP contribution in [-0.4, -0.2) is 21.5 Å². The summed E-state index contributed by atoms with van der Waals surface area (Å²) in [4.78, 5) is 17.5. The summed E-state index contributed by atoms with van der Waals surface area (Å²) in [5, 5.41) is 5.92. The average Bonchev–Trinajstić information content (AvgIpc) is 3.04. The maximum Gasteiger partial charge on any atom is 0.290 e. The van der Waals surface area contributed by atoms with Gasteiger partial charge in [0, 0.05) is 11.1 Å². The monoisotopic (exact) mass is 284 g/mol. The summed E-state index contributed by atoms with van der Waals surface area (Å²) >= 11 is 1.56. The Morgan fingerprint density at radius 3 is 3.10 bits per heavy atom. The first-order valence-electron chi connectivity index (χ1n) is 6.06. The highest BCUT2D eigenvalue weighted by Crippen LogP contribution is 2.11. The molecule has 0 unspecified atom stereocenters. The van der Waals surface area contributed by atoms with Crippen molar-refractivity contribution in [2.75, 3.05) is 0 Å². The van der Waals surface area contributed by atoms with Crippen LogP contribution in [0.5, 0.6) is 0 Å². The second kappa shape index (κ2) is 5.26. The Bertz CT molecular complexity index is 774. The highest BCUT2D eigenvalue weighted by molar-refractivity contribution is 7.11. The molecule has 20 heavy (non-hydrogen) atoms. The molecule has 0 aliphatic heterocycles. The first-order chi connectivity index (χ1) is 9.75.